The van der Waals surface area contributed by atoms with Crippen LogP contribution in [0.2, 0.25) is 0 Å². The molecule has 19 heavy (non-hydrogen) atoms. The molecule has 1 N–H and O–H groups in total. The van der Waals surface area contributed by atoms with Crippen LogP contribution in [0, 0.1) is 5.82 Å². The lowest BCUT2D eigenvalue weighted by Gasteiger charge is -2.37. The number of carboxylic acid groups (broad SMARTS) is 1. The molecule has 0 atom stereocenters. The number of hydrogen-bond donors (Lipinski definition) is 1. The molecule has 0 aromatic carbocycles. The van der Waals surface area contributed by atoms with Crippen molar-refractivity contribution in [2.75, 3.05) is 31.1 Å². The highest BCUT2D eigenvalue weighted by Crippen LogP contribution is 2.20. The number of hydrogen-bond acceptors (Lipinski definition) is 4. The summed E-state index contributed by atoms with van der Waals surface area (Å²) in [6.45, 7) is 7.39. The number of carboxylic acids is 1. The number of aromatic nitrogens is 1. The molecule has 0 bridgehead atoms. The van der Waals surface area contributed by atoms with Gasteiger partial charge in [0, 0.05) is 32.2 Å². The normalized spacial score (nSPS) is 16.9. The van der Waals surface area contributed by atoms with Crippen molar-refractivity contribution < 1.29 is 14.3 Å². The second kappa shape index (κ2) is 5.52. The van der Waals surface area contributed by atoms with E-state index in [-0.39, 0.29) is 5.56 Å². The average Bonchev–Trinajstić information content (AvgIpc) is 2.38. The molecule has 2 heterocycles. The van der Waals surface area contributed by atoms with Crippen LogP contribution in [-0.4, -0.2) is 53.2 Å². The molecule has 1 fully saturated rings. The number of carbonyl (C=O) groups is 1. The quantitative estimate of drug-likeness (QED) is 0.898. The van der Waals surface area contributed by atoms with Crippen LogP contribution in [0.4, 0.5) is 10.2 Å². The monoisotopic (exact) mass is 267 g/mol. The first-order chi connectivity index (χ1) is 8.99. The van der Waals surface area contributed by atoms with E-state index in [4.69, 9.17) is 5.11 Å². The van der Waals surface area contributed by atoms with Crippen LogP contribution >= 0.6 is 0 Å². The largest absolute Gasteiger partial charge is 0.478 e. The van der Waals surface area contributed by atoms with Crippen LogP contribution in [0.1, 0.15) is 24.2 Å². The standard InChI is InChI=1S/C13H18FN3O2/c1-9(2)16-3-5-17(6-4-16)12-11(13(18)19)7-10(14)8-15-12/h7-9H,3-6H2,1-2H3,(H,18,19). The number of pyridine rings is 1. The molecule has 1 aromatic rings. The minimum Gasteiger partial charge on any atom is -0.478 e. The first kappa shape index (κ1) is 13.7. The van der Waals surface area contributed by atoms with Crippen LogP contribution in [-0.2, 0) is 0 Å². The summed E-state index contributed by atoms with van der Waals surface area (Å²) < 4.78 is 13.1. The van der Waals surface area contributed by atoms with E-state index in [9.17, 15) is 9.18 Å². The fourth-order valence-corrected chi connectivity index (χ4v) is 2.29. The molecule has 0 saturated carbocycles. The molecule has 1 saturated heterocycles. The summed E-state index contributed by atoms with van der Waals surface area (Å²) in [6, 6.07) is 1.50. The maximum Gasteiger partial charge on any atom is 0.339 e. The topological polar surface area (TPSA) is 56.7 Å². The highest BCUT2D eigenvalue weighted by atomic mass is 19.1. The zero-order chi connectivity index (χ0) is 14.0. The van der Waals surface area contributed by atoms with Crippen molar-refractivity contribution in [1.29, 1.82) is 0 Å². The van der Waals surface area contributed by atoms with Gasteiger partial charge >= 0.3 is 5.97 Å². The molecule has 0 unspecified atom stereocenters. The Balaban J connectivity index is 2.17. The maximum atomic E-state index is 13.1. The smallest absolute Gasteiger partial charge is 0.339 e. The molecular formula is C13H18FN3O2. The second-order valence-corrected chi connectivity index (χ2v) is 4.95. The third-order valence-corrected chi connectivity index (χ3v) is 3.41. The Kier molecular flexibility index (Phi) is 3.99. The van der Waals surface area contributed by atoms with E-state index in [2.05, 4.69) is 23.7 Å². The minimum absolute atomic E-state index is 0.0713. The van der Waals surface area contributed by atoms with Gasteiger partial charge in [0.15, 0.2) is 0 Å². The molecule has 1 aliphatic rings. The van der Waals surface area contributed by atoms with Crippen molar-refractivity contribution in [2.45, 2.75) is 19.9 Å². The van der Waals surface area contributed by atoms with E-state index in [0.29, 0.717) is 24.9 Å². The van der Waals surface area contributed by atoms with Gasteiger partial charge in [-0.05, 0) is 19.9 Å². The van der Waals surface area contributed by atoms with Crippen molar-refractivity contribution in [2.24, 2.45) is 0 Å². The predicted octanol–water partition coefficient (Wildman–Crippen LogP) is 1.45. The molecule has 104 valence electrons. The van der Waals surface area contributed by atoms with Crippen LogP contribution in [0.15, 0.2) is 12.3 Å². The third-order valence-electron chi connectivity index (χ3n) is 3.41. The fourth-order valence-electron chi connectivity index (χ4n) is 2.29. The van der Waals surface area contributed by atoms with Crippen molar-refractivity contribution in [3.63, 3.8) is 0 Å². The van der Waals surface area contributed by atoms with E-state index in [0.717, 1.165) is 25.4 Å². The molecule has 6 heteroatoms. The summed E-state index contributed by atoms with van der Waals surface area (Å²) in [7, 11) is 0. The first-order valence-electron chi connectivity index (χ1n) is 6.37. The number of aromatic carboxylic acids is 1. The van der Waals surface area contributed by atoms with Gasteiger partial charge in [-0.25, -0.2) is 14.2 Å². The van der Waals surface area contributed by atoms with Gasteiger partial charge in [0.25, 0.3) is 0 Å². The maximum absolute atomic E-state index is 13.1. The summed E-state index contributed by atoms with van der Waals surface area (Å²) in [5.74, 6) is -1.41. The predicted molar refractivity (Wildman–Crippen MR) is 70.1 cm³/mol. The summed E-state index contributed by atoms with van der Waals surface area (Å²) >= 11 is 0. The van der Waals surface area contributed by atoms with E-state index in [1.54, 1.807) is 0 Å². The highest BCUT2D eigenvalue weighted by Gasteiger charge is 2.23. The number of piperazine rings is 1. The lowest BCUT2D eigenvalue weighted by molar-refractivity contribution is 0.0696. The van der Waals surface area contributed by atoms with Crippen molar-refractivity contribution in [1.82, 2.24) is 9.88 Å². The van der Waals surface area contributed by atoms with Gasteiger partial charge < -0.3 is 10.0 Å². The van der Waals surface area contributed by atoms with Crippen LogP contribution in [0.5, 0.6) is 0 Å². The van der Waals surface area contributed by atoms with E-state index < -0.39 is 11.8 Å². The Hall–Kier alpha value is -1.69. The van der Waals surface area contributed by atoms with Crippen LogP contribution in [0.25, 0.3) is 0 Å². The fraction of sp³-hybridized carbons (Fsp3) is 0.538. The van der Waals surface area contributed by atoms with Crippen molar-refractivity contribution in [3.8, 4) is 0 Å². The molecule has 0 spiro atoms. The third kappa shape index (κ3) is 3.01. The van der Waals surface area contributed by atoms with Gasteiger partial charge in [-0.2, -0.15) is 0 Å². The van der Waals surface area contributed by atoms with Gasteiger partial charge in [0.2, 0.25) is 0 Å². The first-order valence-corrected chi connectivity index (χ1v) is 6.37. The Bertz CT molecular complexity index is 471. The van der Waals surface area contributed by atoms with Gasteiger partial charge in [-0.1, -0.05) is 0 Å². The summed E-state index contributed by atoms with van der Waals surface area (Å²) in [5, 5.41) is 9.12. The van der Waals surface area contributed by atoms with Gasteiger partial charge in [0.05, 0.1) is 6.20 Å². The second-order valence-electron chi connectivity index (χ2n) is 4.95. The number of rotatable bonds is 3. The van der Waals surface area contributed by atoms with Crippen LogP contribution < -0.4 is 4.90 Å². The van der Waals surface area contributed by atoms with Gasteiger partial charge in [-0.15, -0.1) is 0 Å². The molecule has 0 aliphatic carbocycles. The molecular weight excluding hydrogens is 249 g/mol. The van der Waals surface area contributed by atoms with Gasteiger partial charge in [0.1, 0.15) is 17.2 Å². The summed E-state index contributed by atoms with van der Waals surface area (Å²) in [4.78, 5) is 19.3. The Labute approximate surface area is 111 Å². The summed E-state index contributed by atoms with van der Waals surface area (Å²) in [5.41, 5.74) is -0.0713. The summed E-state index contributed by atoms with van der Waals surface area (Å²) in [6.07, 6.45) is 1.07. The average molecular weight is 267 g/mol. The van der Waals surface area contributed by atoms with E-state index in [1.165, 1.54) is 0 Å². The van der Waals surface area contributed by atoms with E-state index >= 15 is 0 Å². The highest BCUT2D eigenvalue weighted by molar-refractivity contribution is 5.93. The Morgan fingerprint density at radius 2 is 2.00 bits per heavy atom. The molecule has 1 aromatic heterocycles. The van der Waals surface area contributed by atoms with Crippen molar-refractivity contribution in [3.05, 3.63) is 23.6 Å². The number of anilines is 1. The Morgan fingerprint density at radius 1 is 1.37 bits per heavy atom. The van der Waals surface area contributed by atoms with Gasteiger partial charge in [-0.3, -0.25) is 4.90 Å². The zero-order valence-electron chi connectivity index (χ0n) is 11.1. The zero-order valence-corrected chi connectivity index (χ0v) is 11.1. The molecule has 0 radical (unpaired) electrons. The minimum atomic E-state index is -1.15. The Morgan fingerprint density at radius 3 is 2.53 bits per heavy atom. The molecule has 5 nitrogen and oxygen atoms in total. The lowest BCUT2D eigenvalue weighted by Crippen LogP contribution is -2.49. The molecule has 2 rings (SSSR count). The molecule has 0 amide bonds. The number of nitrogens with zero attached hydrogens (tertiary/aromatic N) is 3. The van der Waals surface area contributed by atoms with E-state index in [1.807, 2.05) is 4.90 Å². The lowest BCUT2D eigenvalue weighted by atomic mass is 10.2. The number of halogens is 1. The SMILES string of the molecule is CC(C)N1CCN(c2ncc(F)cc2C(=O)O)CC1. The van der Waals surface area contributed by atoms with Crippen LogP contribution in [0.3, 0.4) is 0 Å². The van der Waals surface area contributed by atoms with Crippen molar-refractivity contribution >= 4 is 11.8 Å². The molecule has 1 aliphatic heterocycles.